The molecule has 1 rings (SSSR count). The predicted molar refractivity (Wildman–Crippen MR) is 116 cm³/mol. The number of hydrogen-bond donors (Lipinski definition) is 2. The number of benzene rings is 1. The number of nitrogens with zero attached hydrogens (tertiary/aromatic N) is 1. The summed E-state index contributed by atoms with van der Waals surface area (Å²) >= 11 is 0. The molecule has 0 saturated carbocycles. The van der Waals surface area contributed by atoms with Gasteiger partial charge in [0, 0.05) is 24.4 Å². The van der Waals surface area contributed by atoms with E-state index in [1.54, 1.807) is 0 Å². The van der Waals surface area contributed by atoms with Gasteiger partial charge in [-0.2, -0.15) is 0 Å². The van der Waals surface area contributed by atoms with Crippen LogP contribution in [0.2, 0.25) is 0 Å². The predicted octanol–water partition coefficient (Wildman–Crippen LogP) is 6.14. The summed E-state index contributed by atoms with van der Waals surface area (Å²) in [6, 6.07) is 5.38. The molecule has 0 radical (unpaired) electrons. The van der Waals surface area contributed by atoms with Gasteiger partial charge >= 0.3 is 6.03 Å². The molecule has 0 heterocycles. The topological polar surface area (TPSA) is 84.3 Å². The minimum absolute atomic E-state index is 0.00857. The first-order valence-electron chi connectivity index (χ1n) is 9.52. The summed E-state index contributed by atoms with van der Waals surface area (Å²) in [6.45, 7) is 8.90. The van der Waals surface area contributed by atoms with Crippen molar-refractivity contribution < 1.29 is 9.72 Å². The van der Waals surface area contributed by atoms with Crippen molar-refractivity contribution in [3.05, 3.63) is 69.3 Å². The summed E-state index contributed by atoms with van der Waals surface area (Å²) in [5, 5.41) is 16.0. The van der Waals surface area contributed by atoms with E-state index in [0.717, 1.165) is 25.7 Å². The molecule has 0 spiro atoms. The van der Waals surface area contributed by atoms with Crippen LogP contribution in [0, 0.1) is 10.1 Å². The zero-order chi connectivity index (χ0) is 20.9. The van der Waals surface area contributed by atoms with Crippen LogP contribution >= 0.6 is 0 Å². The first-order valence-corrected chi connectivity index (χ1v) is 9.52. The highest BCUT2D eigenvalue weighted by atomic mass is 16.6. The zero-order valence-corrected chi connectivity index (χ0v) is 17.2. The van der Waals surface area contributed by atoms with E-state index in [9.17, 15) is 14.9 Å². The lowest BCUT2D eigenvalue weighted by Crippen LogP contribution is -2.28. The van der Waals surface area contributed by atoms with Crippen LogP contribution in [0.15, 0.2) is 59.2 Å². The summed E-state index contributed by atoms with van der Waals surface area (Å²) in [5.74, 6) is 0. The van der Waals surface area contributed by atoms with Gasteiger partial charge < -0.3 is 10.6 Å². The molecule has 0 aromatic heterocycles. The Morgan fingerprint density at radius 3 is 2.11 bits per heavy atom. The fourth-order valence-corrected chi connectivity index (χ4v) is 2.50. The molecule has 28 heavy (non-hydrogen) atoms. The van der Waals surface area contributed by atoms with Gasteiger partial charge in [0.25, 0.3) is 5.69 Å². The molecule has 2 N–H and O–H groups in total. The lowest BCUT2D eigenvalue weighted by Gasteiger charge is -2.06. The largest absolute Gasteiger partial charge is 0.334 e. The quantitative estimate of drug-likeness (QED) is 0.288. The van der Waals surface area contributed by atoms with Gasteiger partial charge in [-0.1, -0.05) is 34.9 Å². The Morgan fingerprint density at radius 2 is 1.54 bits per heavy atom. The molecule has 6 heteroatoms. The fraction of sp³-hybridized carbons (Fsp3) is 0.409. The lowest BCUT2D eigenvalue weighted by atomic mass is 10.1. The molecule has 6 nitrogen and oxygen atoms in total. The maximum atomic E-state index is 11.9. The highest BCUT2D eigenvalue weighted by Crippen LogP contribution is 2.15. The molecule has 0 bridgehead atoms. The number of hydrogen-bond acceptors (Lipinski definition) is 3. The molecule has 0 aliphatic rings. The SMILES string of the molecule is CC(C)=CCC/C(C)=C/CC/C(C)=C/CNC(=O)Nc1ccc([N+](=O)[O-])cc1. The van der Waals surface area contributed by atoms with Crippen molar-refractivity contribution in [1.29, 1.82) is 0 Å². The Morgan fingerprint density at radius 1 is 0.964 bits per heavy atom. The number of nitro benzene ring substituents is 1. The molecule has 1 aromatic rings. The third-order valence-electron chi connectivity index (χ3n) is 4.17. The minimum atomic E-state index is -0.475. The summed E-state index contributed by atoms with van der Waals surface area (Å²) in [5.41, 5.74) is 4.50. The smallest absolute Gasteiger partial charge is 0.319 e. The Balaban J connectivity index is 2.30. The summed E-state index contributed by atoms with van der Waals surface area (Å²) in [7, 11) is 0. The van der Waals surface area contributed by atoms with Crippen molar-refractivity contribution in [2.24, 2.45) is 0 Å². The molecule has 0 aliphatic carbocycles. The van der Waals surface area contributed by atoms with E-state index in [4.69, 9.17) is 0 Å². The van der Waals surface area contributed by atoms with E-state index in [1.165, 1.54) is 41.0 Å². The first kappa shape index (κ1) is 23.1. The maximum Gasteiger partial charge on any atom is 0.319 e. The lowest BCUT2D eigenvalue weighted by molar-refractivity contribution is -0.384. The van der Waals surface area contributed by atoms with Crippen LogP contribution in [-0.4, -0.2) is 17.5 Å². The Bertz CT molecular complexity index is 743. The van der Waals surface area contributed by atoms with E-state index in [0.29, 0.717) is 12.2 Å². The molecule has 1 aromatic carbocycles. The van der Waals surface area contributed by atoms with Crippen LogP contribution in [0.5, 0.6) is 0 Å². The van der Waals surface area contributed by atoms with E-state index in [-0.39, 0.29) is 11.7 Å². The van der Waals surface area contributed by atoms with Crippen LogP contribution in [-0.2, 0) is 0 Å². The van der Waals surface area contributed by atoms with Crippen molar-refractivity contribution in [3.63, 3.8) is 0 Å². The Hall–Kier alpha value is -2.89. The van der Waals surface area contributed by atoms with Gasteiger partial charge in [0.1, 0.15) is 0 Å². The number of non-ortho nitro benzene ring substituents is 1. The molecule has 0 atom stereocenters. The molecule has 0 saturated heterocycles. The van der Waals surface area contributed by atoms with Crippen molar-refractivity contribution in [2.75, 3.05) is 11.9 Å². The van der Waals surface area contributed by atoms with Crippen molar-refractivity contribution in [1.82, 2.24) is 5.32 Å². The van der Waals surface area contributed by atoms with E-state index in [1.807, 2.05) is 6.08 Å². The number of rotatable bonds is 10. The average Bonchev–Trinajstić information content (AvgIpc) is 2.61. The number of carbonyl (C=O) groups is 1. The summed E-state index contributed by atoms with van der Waals surface area (Å²) in [4.78, 5) is 22.0. The van der Waals surface area contributed by atoms with E-state index >= 15 is 0 Å². The van der Waals surface area contributed by atoms with Gasteiger partial charge in [-0.3, -0.25) is 10.1 Å². The number of amides is 2. The fourth-order valence-electron chi connectivity index (χ4n) is 2.50. The third-order valence-corrected chi connectivity index (χ3v) is 4.17. The Kier molecular flexibility index (Phi) is 10.3. The molecule has 0 aliphatic heterocycles. The number of anilines is 1. The highest BCUT2D eigenvalue weighted by Gasteiger charge is 2.05. The van der Waals surface area contributed by atoms with Gasteiger partial charge in [0.05, 0.1) is 4.92 Å². The van der Waals surface area contributed by atoms with E-state index in [2.05, 4.69) is 50.5 Å². The van der Waals surface area contributed by atoms with Crippen molar-refractivity contribution in [3.8, 4) is 0 Å². The van der Waals surface area contributed by atoms with Crippen LogP contribution in [0.25, 0.3) is 0 Å². The maximum absolute atomic E-state index is 11.9. The summed E-state index contributed by atoms with van der Waals surface area (Å²) < 4.78 is 0. The molecule has 0 fully saturated rings. The third kappa shape index (κ3) is 10.3. The van der Waals surface area contributed by atoms with Gasteiger partial charge in [-0.15, -0.1) is 0 Å². The standard InChI is InChI=1S/C22H31N3O3/c1-17(2)7-5-8-18(3)9-6-10-19(4)15-16-23-22(26)24-20-11-13-21(14-12-20)25(27)28/h7,9,11-15H,5-6,8,10,16H2,1-4H3,(H2,23,24,26)/b18-9+,19-15+. The van der Waals surface area contributed by atoms with Gasteiger partial charge in [-0.25, -0.2) is 4.79 Å². The van der Waals surface area contributed by atoms with Crippen molar-refractivity contribution >= 4 is 17.4 Å². The second kappa shape index (κ2) is 12.5. The molecular weight excluding hydrogens is 354 g/mol. The second-order valence-electron chi connectivity index (χ2n) is 7.10. The number of allylic oxidation sites excluding steroid dienone is 5. The molecule has 152 valence electrons. The second-order valence-corrected chi connectivity index (χ2v) is 7.10. The monoisotopic (exact) mass is 385 g/mol. The summed E-state index contributed by atoms with van der Waals surface area (Å²) in [6.07, 6.45) is 10.7. The number of carbonyl (C=O) groups excluding carboxylic acids is 1. The minimum Gasteiger partial charge on any atom is -0.334 e. The van der Waals surface area contributed by atoms with Crippen molar-refractivity contribution in [2.45, 2.75) is 53.4 Å². The highest BCUT2D eigenvalue weighted by molar-refractivity contribution is 5.89. The van der Waals surface area contributed by atoms with Crippen LogP contribution in [0.4, 0.5) is 16.2 Å². The van der Waals surface area contributed by atoms with E-state index < -0.39 is 4.92 Å². The molecule has 2 amide bonds. The van der Waals surface area contributed by atoms with Gasteiger partial charge in [0.2, 0.25) is 0 Å². The zero-order valence-electron chi connectivity index (χ0n) is 17.2. The van der Waals surface area contributed by atoms with Crippen LogP contribution in [0.1, 0.15) is 53.4 Å². The van der Waals surface area contributed by atoms with Crippen LogP contribution in [0.3, 0.4) is 0 Å². The average molecular weight is 386 g/mol. The normalized spacial score (nSPS) is 11.7. The van der Waals surface area contributed by atoms with Gasteiger partial charge in [-0.05, 0) is 65.5 Å². The Labute approximate surface area is 167 Å². The van der Waals surface area contributed by atoms with Gasteiger partial charge in [0.15, 0.2) is 0 Å². The number of nitro groups is 1. The number of urea groups is 1. The molecular formula is C22H31N3O3. The van der Waals surface area contributed by atoms with Crippen LogP contribution < -0.4 is 10.6 Å². The first-order chi connectivity index (χ1) is 13.3. The number of nitrogens with one attached hydrogen (secondary N) is 2. The molecule has 0 unspecified atom stereocenters.